The number of fused-ring (bicyclic) bond motifs is 2. The minimum absolute atomic E-state index is 0.0177. The van der Waals surface area contributed by atoms with Crippen LogP contribution >= 0.6 is 0 Å². The van der Waals surface area contributed by atoms with Crippen molar-refractivity contribution in [2.45, 2.75) is 0 Å². The van der Waals surface area contributed by atoms with E-state index in [4.69, 9.17) is 0 Å². The van der Waals surface area contributed by atoms with Crippen molar-refractivity contribution >= 4 is 22.7 Å². The van der Waals surface area contributed by atoms with Gasteiger partial charge in [0, 0.05) is 11.1 Å². The van der Waals surface area contributed by atoms with Crippen LogP contribution < -0.4 is 0 Å². The first-order valence-electron chi connectivity index (χ1n) is 7.13. The predicted octanol–water partition coefficient (Wildman–Crippen LogP) is 4.10. The number of hydrogen-bond acceptors (Lipinski definition) is 2. The molecule has 0 N–H and O–H groups in total. The van der Waals surface area contributed by atoms with E-state index in [-0.39, 0.29) is 11.6 Å². The number of hydrogen-bond donors (Lipinski definition) is 0. The van der Waals surface area contributed by atoms with Crippen LogP contribution in [0.25, 0.3) is 11.1 Å². The fourth-order valence-electron chi connectivity index (χ4n) is 3.01. The van der Waals surface area contributed by atoms with E-state index in [0.717, 1.165) is 22.3 Å². The average molecular weight is 284 g/mol. The lowest BCUT2D eigenvalue weighted by Crippen LogP contribution is -2.09. The Morgan fingerprint density at radius 2 is 0.818 bits per heavy atom. The van der Waals surface area contributed by atoms with E-state index in [1.807, 2.05) is 60.7 Å². The molecule has 0 atom stereocenters. The number of benzene rings is 2. The van der Waals surface area contributed by atoms with Crippen molar-refractivity contribution in [1.29, 1.82) is 0 Å². The molecule has 0 aromatic heterocycles. The maximum Gasteiger partial charge on any atom is 0.186 e. The molecule has 2 nitrogen and oxygen atoms in total. The van der Waals surface area contributed by atoms with E-state index < -0.39 is 0 Å². The number of ketones is 2. The molecule has 0 spiro atoms. The van der Waals surface area contributed by atoms with Crippen LogP contribution in [0.1, 0.15) is 31.8 Å². The normalized spacial score (nSPS) is 19.1. The Morgan fingerprint density at radius 1 is 0.455 bits per heavy atom. The summed E-state index contributed by atoms with van der Waals surface area (Å²) in [6.45, 7) is 0. The summed E-state index contributed by atoms with van der Waals surface area (Å²) in [5, 5.41) is 0. The minimum atomic E-state index is 0.0177. The summed E-state index contributed by atoms with van der Waals surface area (Å²) in [5.74, 6) is 0.0354. The quantitative estimate of drug-likeness (QED) is 0.729. The Kier molecular flexibility index (Phi) is 2.76. The van der Waals surface area contributed by atoms with Crippen molar-refractivity contribution < 1.29 is 9.59 Å². The molecule has 22 heavy (non-hydrogen) atoms. The molecule has 2 aromatic carbocycles. The molecule has 0 saturated heterocycles. The van der Waals surface area contributed by atoms with Crippen molar-refractivity contribution in [3.05, 3.63) is 95.1 Å². The van der Waals surface area contributed by atoms with Gasteiger partial charge in [-0.3, -0.25) is 9.59 Å². The van der Waals surface area contributed by atoms with Gasteiger partial charge in [-0.25, -0.2) is 0 Å². The molecule has 0 fully saturated rings. The fourth-order valence-corrected chi connectivity index (χ4v) is 3.01. The van der Waals surface area contributed by atoms with Gasteiger partial charge in [-0.2, -0.15) is 0 Å². The van der Waals surface area contributed by atoms with E-state index in [1.165, 1.54) is 0 Å². The van der Waals surface area contributed by atoms with Gasteiger partial charge in [-0.1, -0.05) is 48.5 Å². The van der Waals surface area contributed by atoms with Crippen LogP contribution in [-0.2, 0) is 0 Å². The van der Waals surface area contributed by atoms with E-state index in [0.29, 0.717) is 11.1 Å². The highest BCUT2D eigenvalue weighted by Crippen LogP contribution is 2.36. The van der Waals surface area contributed by atoms with Gasteiger partial charge in [0.15, 0.2) is 11.6 Å². The molecule has 0 aliphatic heterocycles. The minimum Gasteiger partial charge on any atom is -0.289 e. The first-order valence-corrected chi connectivity index (χ1v) is 7.13. The van der Waals surface area contributed by atoms with Crippen molar-refractivity contribution in [2.24, 2.45) is 0 Å². The second-order valence-corrected chi connectivity index (χ2v) is 5.31. The summed E-state index contributed by atoms with van der Waals surface area (Å²) in [4.78, 5) is 24.1. The molecule has 0 radical (unpaired) electrons. The second-order valence-electron chi connectivity index (χ2n) is 5.31. The third kappa shape index (κ3) is 1.81. The predicted molar refractivity (Wildman–Crippen MR) is 86.6 cm³/mol. The van der Waals surface area contributed by atoms with Gasteiger partial charge in [-0.05, 0) is 46.6 Å². The molecule has 2 heteroatoms. The Balaban J connectivity index is 2.04. The van der Waals surface area contributed by atoms with E-state index in [2.05, 4.69) is 0 Å². The molecule has 0 amide bonds. The second kappa shape index (κ2) is 4.78. The SMILES string of the molecule is O=C1C=C/C(=C2/C=CC(=O)c3ccccc32)c2ccccc21. The molecule has 0 saturated carbocycles. The lowest BCUT2D eigenvalue weighted by atomic mass is 9.83. The lowest BCUT2D eigenvalue weighted by molar-refractivity contribution is 0.103. The highest BCUT2D eigenvalue weighted by molar-refractivity contribution is 6.20. The summed E-state index contributed by atoms with van der Waals surface area (Å²) >= 11 is 0. The van der Waals surface area contributed by atoms with Crippen molar-refractivity contribution in [2.75, 3.05) is 0 Å². The van der Waals surface area contributed by atoms with Gasteiger partial charge in [0.25, 0.3) is 0 Å². The molecular formula is C20H12O2. The highest BCUT2D eigenvalue weighted by Gasteiger charge is 2.22. The summed E-state index contributed by atoms with van der Waals surface area (Å²) in [6, 6.07) is 15.2. The Hall–Kier alpha value is -3.00. The van der Waals surface area contributed by atoms with E-state index in [1.54, 1.807) is 12.2 Å². The monoisotopic (exact) mass is 284 g/mol. The first-order chi connectivity index (χ1) is 10.8. The van der Waals surface area contributed by atoms with Gasteiger partial charge in [0.1, 0.15) is 0 Å². The zero-order valence-corrected chi connectivity index (χ0v) is 11.7. The van der Waals surface area contributed by atoms with Crippen LogP contribution in [0.4, 0.5) is 0 Å². The molecular weight excluding hydrogens is 272 g/mol. The number of allylic oxidation sites excluding steroid dienone is 6. The van der Waals surface area contributed by atoms with Gasteiger partial charge in [0.05, 0.1) is 0 Å². The molecule has 0 bridgehead atoms. The third-order valence-corrected chi connectivity index (χ3v) is 4.06. The van der Waals surface area contributed by atoms with Crippen molar-refractivity contribution in [3.8, 4) is 0 Å². The van der Waals surface area contributed by atoms with Gasteiger partial charge < -0.3 is 0 Å². The first kappa shape index (κ1) is 12.7. The Labute approximate surface area is 128 Å². The van der Waals surface area contributed by atoms with Crippen LogP contribution in [0, 0.1) is 0 Å². The van der Waals surface area contributed by atoms with Crippen molar-refractivity contribution in [3.63, 3.8) is 0 Å². The lowest BCUT2D eigenvalue weighted by Gasteiger charge is -2.20. The van der Waals surface area contributed by atoms with Crippen LogP contribution in [0.5, 0.6) is 0 Å². The standard InChI is InChI=1S/C20H12O2/c21-19-11-9-15(13-5-1-3-7-17(13)19)16-10-12-20(22)18-8-4-2-6-14(16)18/h1-12H/b16-15+. The summed E-state index contributed by atoms with van der Waals surface area (Å²) in [5.41, 5.74) is 5.20. The topological polar surface area (TPSA) is 34.1 Å². The largest absolute Gasteiger partial charge is 0.289 e. The average Bonchev–Trinajstić information content (AvgIpc) is 2.57. The zero-order valence-electron chi connectivity index (χ0n) is 11.7. The number of carbonyl (C=O) groups excluding carboxylic acids is 2. The molecule has 4 rings (SSSR count). The van der Waals surface area contributed by atoms with E-state index in [9.17, 15) is 9.59 Å². The molecule has 0 unspecified atom stereocenters. The van der Waals surface area contributed by atoms with E-state index >= 15 is 0 Å². The molecule has 2 aliphatic carbocycles. The van der Waals surface area contributed by atoms with Crippen LogP contribution in [0.3, 0.4) is 0 Å². The summed E-state index contributed by atoms with van der Waals surface area (Å²) in [7, 11) is 0. The van der Waals surface area contributed by atoms with Gasteiger partial charge in [0.2, 0.25) is 0 Å². The molecule has 104 valence electrons. The maximum absolute atomic E-state index is 12.0. The smallest absolute Gasteiger partial charge is 0.186 e. The maximum atomic E-state index is 12.0. The molecule has 2 aromatic rings. The van der Waals surface area contributed by atoms with Crippen molar-refractivity contribution in [1.82, 2.24) is 0 Å². The third-order valence-electron chi connectivity index (χ3n) is 4.06. The van der Waals surface area contributed by atoms with Crippen LogP contribution in [0.15, 0.2) is 72.8 Å². The summed E-state index contributed by atoms with van der Waals surface area (Å²) in [6.07, 6.45) is 6.88. The van der Waals surface area contributed by atoms with Gasteiger partial charge in [-0.15, -0.1) is 0 Å². The van der Waals surface area contributed by atoms with Gasteiger partial charge >= 0.3 is 0 Å². The van der Waals surface area contributed by atoms with Crippen LogP contribution in [0.2, 0.25) is 0 Å². The Bertz CT molecular complexity index is 835. The highest BCUT2D eigenvalue weighted by atomic mass is 16.1. The number of carbonyl (C=O) groups is 2. The Morgan fingerprint density at radius 3 is 1.23 bits per heavy atom. The molecule has 2 aliphatic rings. The fraction of sp³-hybridized carbons (Fsp3) is 0. The molecule has 0 heterocycles. The zero-order chi connectivity index (χ0) is 15.1. The number of rotatable bonds is 0. The summed E-state index contributed by atoms with van der Waals surface area (Å²) < 4.78 is 0. The van der Waals surface area contributed by atoms with Crippen LogP contribution in [-0.4, -0.2) is 11.6 Å².